The molecule has 0 saturated heterocycles. The lowest BCUT2D eigenvalue weighted by Crippen LogP contribution is -2.38. The van der Waals surface area contributed by atoms with Gasteiger partial charge in [0, 0.05) is 54.5 Å². The van der Waals surface area contributed by atoms with Gasteiger partial charge >= 0.3 is 11.9 Å². The third kappa shape index (κ3) is 32.0. The van der Waals surface area contributed by atoms with Gasteiger partial charge in [-0.3, -0.25) is 4.79 Å². The Morgan fingerprint density at radius 3 is 1.87 bits per heavy atom. The summed E-state index contributed by atoms with van der Waals surface area (Å²) in [7, 11) is 11.8. The van der Waals surface area contributed by atoms with Crippen LogP contribution in [0.5, 0.6) is 0 Å². The Hall–Kier alpha value is -3.77. The van der Waals surface area contributed by atoms with Gasteiger partial charge in [-0.05, 0) is 86.8 Å². The van der Waals surface area contributed by atoms with E-state index in [2.05, 4.69) is 50.4 Å². The maximum Gasteiger partial charge on any atom is 0.333 e. The molecule has 5 N–H and O–H groups in total. The fourth-order valence-corrected chi connectivity index (χ4v) is 3.57. The van der Waals surface area contributed by atoms with Gasteiger partial charge in [0.15, 0.2) is 0 Å². The average molecular weight is 661 g/mol. The van der Waals surface area contributed by atoms with Gasteiger partial charge in [0.1, 0.15) is 6.10 Å². The van der Waals surface area contributed by atoms with Gasteiger partial charge in [-0.15, -0.1) is 0 Å². The summed E-state index contributed by atoms with van der Waals surface area (Å²) in [6.07, 6.45) is 3.67. The van der Waals surface area contributed by atoms with Crippen molar-refractivity contribution in [1.82, 2.24) is 20.0 Å². The summed E-state index contributed by atoms with van der Waals surface area (Å²) in [5, 5.41) is 2.66. The van der Waals surface area contributed by atoms with Crippen molar-refractivity contribution < 1.29 is 23.9 Å². The summed E-state index contributed by atoms with van der Waals surface area (Å²) in [5.41, 5.74) is 13.5. The number of likely N-dealkylation sites (N-methyl/N-ethyl adjacent to an activating group) is 2. The van der Waals surface area contributed by atoms with Gasteiger partial charge in [0.2, 0.25) is 5.91 Å². The van der Waals surface area contributed by atoms with Crippen LogP contribution in [0.2, 0.25) is 0 Å². The number of benzene rings is 1. The molecule has 0 unspecified atom stereocenters. The van der Waals surface area contributed by atoms with Crippen molar-refractivity contribution in [1.29, 1.82) is 0 Å². The van der Waals surface area contributed by atoms with E-state index in [1.807, 2.05) is 76.4 Å². The van der Waals surface area contributed by atoms with E-state index in [-0.39, 0.29) is 29.4 Å². The number of anilines is 1. The molecule has 0 saturated carbocycles. The third-order valence-corrected chi connectivity index (χ3v) is 5.48. The molecule has 1 amide bonds. The smallest absolute Gasteiger partial charge is 0.333 e. The van der Waals surface area contributed by atoms with E-state index in [1.165, 1.54) is 6.08 Å². The molecule has 0 bridgehead atoms. The van der Waals surface area contributed by atoms with Gasteiger partial charge in [-0.25, -0.2) is 9.59 Å². The van der Waals surface area contributed by atoms with E-state index >= 15 is 0 Å². The molecule has 11 heteroatoms. The molecule has 0 aliphatic heterocycles. The summed E-state index contributed by atoms with van der Waals surface area (Å²) in [6.45, 7) is 25.5. The fraction of sp³-hybridized carbons (Fsp3) is 0.528. The van der Waals surface area contributed by atoms with E-state index in [4.69, 9.17) is 20.9 Å². The van der Waals surface area contributed by atoms with Crippen LogP contribution in [0.25, 0.3) is 6.08 Å². The summed E-state index contributed by atoms with van der Waals surface area (Å²) in [4.78, 5) is 39.0. The SMILES string of the molecule is C=C(C)C(=O)NCCCN.C=C(C)C(=O)OC(CN(C)C)CN(C)C.C=CC(=O)OCC(C)(C)CN(C)C.C=Cc1cccc(N)c1. The second-order valence-electron chi connectivity index (χ2n) is 12.6. The van der Waals surface area contributed by atoms with E-state index in [0.29, 0.717) is 30.8 Å². The summed E-state index contributed by atoms with van der Waals surface area (Å²) >= 11 is 0. The molecule has 0 heterocycles. The molecular formula is C36H64N6O5. The number of rotatable bonds is 16. The molecule has 0 aromatic heterocycles. The minimum absolute atomic E-state index is 0.0117. The van der Waals surface area contributed by atoms with Crippen LogP contribution in [-0.4, -0.2) is 120 Å². The molecule has 0 aliphatic carbocycles. The Bertz CT molecular complexity index is 1090. The van der Waals surface area contributed by atoms with E-state index in [1.54, 1.807) is 19.9 Å². The normalized spacial score (nSPS) is 10.4. The second-order valence-corrected chi connectivity index (χ2v) is 12.6. The predicted molar refractivity (Wildman–Crippen MR) is 198 cm³/mol. The number of amides is 1. The van der Waals surface area contributed by atoms with Gasteiger partial charge in [-0.2, -0.15) is 0 Å². The van der Waals surface area contributed by atoms with Gasteiger partial charge in [0.05, 0.1) is 6.61 Å². The zero-order chi connectivity index (χ0) is 37.2. The van der Waals surface area contributed by atoms with Crippen LogP contribution in [0, 0.1) is 5.41 Å². The molecule has 0 atom stereocenters. The van der Waals surface area contributed by atoms with E-state index < -0.39 is 0 Å². The number of ether oxygens (including phenoxy) is 2. The standard InChI is InChI=1S/C11H22N2O2.C10H19NO2.C8H9N.C7H14N2O/c1-9(2)11(14)15-10(7-12(3)4)8-13(5)6;1-6-9(12)13-8-10(2,3)7-11(4)5;1-2-7-4-3-5-8(9)6-7;1-6(2)7(10)9-5-3-4-8/h10H,1,7-8H2,2-6H3;6H,1,7-8H2,2-5H3;2-6H,1,9H2;1,3-5,8H2,2H3,(H,9,10). The minimum Gasteiger partial charge on any atom is -0.462 e. The Morgan fingerprint density at radius 2 is 1.51 bits per heavy atom. The van der Waals surface area contributed by atoms with Crippen molar-refractivity contribution >= 4 is 29.6 Å². The summed E-state index contributed by atoms with van der Waals surface area (Å²) < 4.78 is 10.3. The lowest BCUT2D eigenvalue weighted by Gasteiger charge is -2.27. The number of carbonyl (C=O) groups is 3. The van der Waals surface area contributed by atoms with Crippen molar-refractivity contribution in [2.45, 2.75) is 40.2 Å². The number of hydrogen-bond donors (Lipinski definition) is 3. The highest BCUT2D eigenvalue weighted by Crippen LogP contribution is 2.16. The van der Waals surface area contributed by atoms with Gasteiger partial charge in [0.25, 0.3) is 0 Å². The zero-order valence-corrected chi connectivity index (χ0v) is 30.9. The molecule has 0 fully saturated rings. The van der Waals surface area contributed by atoms with Gasteiger partial charge in [-0.1, -0.05) is 58.4 Å². The molecule has 0 spiro atoms. The van der Waals surface area contributed by atoms with Crippen molar-refractivity contribution in [3.05, 3.63) is 73.4 Å². The van der Waals surface area contributed by atoms with Crippen molar-refractivity contribution in [3.63, 3.8) is 0 Å². The number of esters is 2. The van der Waals surface area contributed by atoms with Crippen LogP contribution in [0.3, 0.4) is 0 Å². The van der Waals surface area contributed by atoms with Crippen LogP contribution >= 0.6 is 0 Å². The quantitative estimate of drug-likeness (QED) is 0.104. The maximum absolute atomic E-state index is 11.4. The number of nitrogens with one attached hydrogen (secondary N) is 1. The van der Waals surface area contributed by atoms with Crippen LogP contribution < -0.4 is 16.8 Å². The van der Waals surface area contributed by atoms with Crippen molar-refractivity contribution in [2.24, 2.45) is 11.1 Å². The molecule has 47 heavy (non-hydrogen) atoms. The first kappa shape index (κ1) is 47.6. The first-order valence-corrected chi connectivity index (χ1v) is 15.4. The maximum atomic E-state index is 11.4. The lowest BCUT2D eigenvalue weighted by atomic mass is 9.94. The monoisotopic (exact) mass is 660 g/mol. The number of nitrogens with two attached hydrogens (primary N) is 2. The first-order chi connectivity index (χ1) is 21.7. The van der Waals surface area contributed by atoms with E-state index in [9.17, 15) is 14.4 Å². The number of nitrogen functional groups attached to an aromatic ring is 1. The van der Waals surface area contributed by atoms with Crippen molar-refractivity contribution in [3.8, 4) is 0 Å². The highest BCUT2D eigenvalue weighted by atomic mass is 16.5. The molecule has 1 rings (SSSR count). The highest BCUT2D eigenvalue weighted by Gasteiger charge is 2.20. The number of nitrogens with zero attached hydrogens (tertiary/aromatic N) is 3. The lowest BCUT2D eigenvalue weighted by molar-refractivity contribution is -0.145. The largest absolute Gasteiger partial charge is 0.462 e. The second kappa shape index (κ2) is 27.4. The highest BCUT2D eigenvalue weighted by molar-refractivity contribution is 5.92. The predicted octanol–water partition coefficient (Wildman–Crippen LogP) is 3.84. The van der Waals surface area contributed by atoms with Crippen molar-refractivity contribution in [2.75, 3.05) is 87.4 Å². The van der Waals surface area contributed by atoms with Crippen LogP contribution in [0.15, 0.2) is 67.8 Å². The molecule has 0 radical (unpaired) electrons. The first-order valence-electron chi connectivity index (χ1n) is 15.4. The average Bonchev–Trinajstić information content (AvgIpc) is 2.95. The van der Waals surface area contributed by atoms with Crippen LogP contribution in [0.1, 0.15) is 39.7 Å². The molecule has 0 aliphatic rings. The third-order valence-electron chi connectivity index (χ3n) is 5.48. The van der Waals surface area contributed by atoms with Crippen LogP contribution in [-0.2, 0) is 23.9 Å². The Kier molecular flexibility index (Phi) is 27.7. The number of hydrogen-bond acceptors (Lipinski definition) is 10. The van der Waals surface area contributed by atoms with Gasteiger partial charge < -0.3 is 41.0 Å². The summed E-state index contributed by atoms with van der Waals surface area (Å²) in [6, 6.07) is 7.61. The molecule has 268 valence electrons. The number of carbonyl (C=O) groups excluding carboxylic acids is 3. The topological polar surface area (TPSA) is 143 Å². The molecule has 11 nitrogen and oxygen atoms in total. The molecule has 1 aromatic rings. The fourth-order valence-electron chi connectivity index (χ4n) is 3.57. The zero-order valence-electron chi connectivity index (χ0n) is 30.9. The minimum atomic E-state index is -0.355. The Labute approximate surface area is 285 Å². The molecular weight excluding hydrogens is 596 g/mol. The summed E-state index contributed by atoms with van der Waals surface area (Å²) in [5.74, 6) is -0.760. The molecule has 1 aromatic carbocycles. The van der Waals surface area contributed by atoms with E-state index in [0.717, 1.165) is 37.3 Å². The Balaban J connectivity index is -0.000000559. The van der Waals surface area contributed by atoms with Crippen LogP contribution in [0.4, 0.5) is 5.69 Å². The Morgan fingerprint density at radius 1 is 0.957 bits per heavy atom.